The number of halogens is 1. The van der Waals surface area contributed by atoms with Gasteiger partial charge in [0.25, 0.3) is 10.0 Å². The van der Waals surface area contributed by atoms with Crippen molar-refractivity contribution in [2.45, 2.75) is 4.90 Å². The highest BCUT2D eigenvalue weighted by atomic mass is 79.9. The van der Waals surface area contributed by atoms with E-state index in [1.807, 2.05) is 0 Å². The molecule has 1 aromatic heterocycles. The van der Waals surface area contributed by atoms with E-state index in [-0.39, 0.29) is 22.3 Å². The van der Waals surface area contributed by atoms with Crippen molar-refractivity contribution in [3.63, 3.8) is 0 Å². The number of ether oxygens (including phenoxy) is 1. The molecule has 2 N–H and O–H groups in total. The fourth-order valence-electron chi connectivity index (χ4n) is 2.16. The quantitative estimate of drug-likeness (QED) is 0.541. The van der Waals surface area contributed by atoms with Crippen LogP contribution in [0.1, 0.15) is 5.56 Å². The average molecular weight is 463 g/mol. The number of anilines is 1. The van der Waals surface area contributed by atoms with Gasteiger partial charge in [-0.25, -0.2) is 8.42 Å². The van der Waals surface area contributed by atoms with E-state index in [9.17, 15) is 13.5 Å². The van der Waals surface area contributed by atoms with Gasteiger partial charge in [-0.1, -0.05) is 15.9 Å². The average Bonchev–Trinajstić information content (AvgIpc) is 2.69. The zero-order valence-corrected chi connectivity index (χ0v) is 17.0. The molecule has 0 amide bonds. The molecule has 3 rings (SSSR count). The SMILES string of the molecule is COc1ccc(NS(=O)(=O)c2ccc(N=Cc3cc(Br)ccc3O)cc2)nn1. The molecule has 0 fully saturated rings. The van der Waals surface area contributed by atoms with Gasteiger partial charge in [-0.2, -0.15) is 0 Å². The predicted molar refractivity (Wildman–Crippen MR) is 109 cm³/mol. The van der Waals surface area contributed by atoms with Crippen molar-refractivity contribution >= 4 is 43.7 Å². The minimum atomic E-state index is -3.82. The third-order valence-electron chi connectivity index (χ3n) is 3.58. The molecule has 144 valence electrons. The van der Waals surface area contributed by atoms with Gasteiger partial charge in [0.2, 0.25) is 5.88 Å². The summed E-state index contributed by atoms with van der Waals surface area (Å²) in [5, 5.41) is 17.3. The summed E-state index contributed by atoms with van der Waals surface area (Å²) in [4.78, 5) is 4.30. The van der Waals surface area contributed by atoms with Gasteiger partial charge in [-0.05, 0) is 48.5 Å². The number of aromatic hydroxyl groups is 1. The Morgan fingerprint density at radius 3 is 2.50 bits per heavy atom. The first-order valence-electron chi connectivity index (χ1n) is 7.90. The largest absolute Gasteiger partial charge is 0.507 e. The number of rotatable bonds is 6. The van der Waals surface area contributed by atoms with E-state index in [2.05, 4.69) is 35.8 Å². The van der Waals surface area contributed by atoms with Gasteiger partial charge < -0.3 is 9.84 Å². The number of nitrogens with one attached hydrogen (secondary N) is 1. The third kappa shape index (κ3) is 4.84. The standard InChI is InChI=1S/C18H15BrN4O4S/c1-27-18-9-8-17(21-22-18)23-28(25,26)15-5-3-14(4-6-15)20-11-12-10-13(19)2-7-16(12)24/h2-11,24H,1H3,(H,21,23). The number of hydrogen-bond acceptors (Lipinski definition) is 7. The number of phenols is 1. The number of phenolic OH excluding ortho intramolecular Hbond substituents is 1. The lowest BCUT2D eigenvalue weighted by Gasteiger charge is -2.07. The van der Waals surface area contributed by atoms with Crippen LogP contribution in [0.4, 0.5) is 11.5 Å². The van der Waals surface area contributed by atoms with Gasteiger partial charge in [-0.3, -0.25) is 9.71 Å². The van der Waals surface area contributed by atoms with Crippen molar-refractivity contribution in [2.24, 2.45) is 4.99 Å². The Balaban J connectivity index is 1.75. The molecule has 2 aromatic carbocycles. The third-order valence-corrected chi connectivity index (χ3v) is 5.44. The van der Waals surface area contributed by atoms with Crippen molar-refractivity contribution in [3.05, 3.63) is 64.6 Å². The van der Waals surface area contributed by atoms with Gasteiger partial charge in [0.05, 0.1) is 17.7 Å². The fourth-order valence-corrected chi connectivity index (χ4v) is 3.54. The lowest BCUT2D eigenvalue weighted by Crippen LogP contribution is -2.14. The Bertz CT molecular complexity index is 1100. The van der Waals surface area contributed by atoms with Gasteiger partial charge >= 0.3 is 0 Å². The molecule has 8 nitrogen and oxygen atoms in total. The molecule has 0 saturated carbocycles. The maximum Gasteiger partial charge on any atom is 0.263 e. The normalized spacial score (nSPS) is 11.5. The van der Waals surface area contributed by atoms with Crippen molar-refractivity contribution in [1.29, 1.82) is 0 Å². The first-order chi connectivity index (χ1) is 13.4. The van der Waals surface area contributed by atoms with Crippen molar-refractivity contribution in [1.82, 2.24) is 10.2 Å². The first-order valence-corrected chi connectivity index (χ1v) is 10.2. The molecule has 0 unspecified atom stereocenters. The molecule has 1 heterocycles. The smallest absolute Gasteiger partial charge is 0.263 e. The van der Waals surface area contributed by atoms with E-state index in [4.69, 9.17) is 4.74 Å². The van der Waals surface area contributed by atoms with Crippen LogP contribution in [0.3, 0.4) is 0 Å². The summed E-state index contributed by atoms with van der Waals surface area (Å²) in [5.74, 6) is 0.450. The summed E-state index contributed by atoms with van der Waals surface area (Å²) in [5.41, 5.74) is 1.06. The molecule has 0 aliphatic heterocycles. The first kappa shape index (κ1) is 19.8. The van der Waals surface area contributed by atoms with Crippen LogP contribution in [0.5, 0.6) is 11.6 Å². The maximum atomic E-state index is 12.4. The summed E-state index contributed by atoms with van der Waals surface area (Å²) in [6.07, 6.45) is 1.49. The van der Waals surface area contributed by atoms with E-state index < -0.39 is 10.0 Å². The second-order valence-electron chi connectivity index (χ2n) is 5.52. The van der Waals surface area contributed by atoms with Crippen LogP contribution < -0.4 is 9.46 Å². The lowest BCUT2D eigenvalue weighted by molar-refractivity contribution is 0.392. The minimum Gasteiger partial charge on any atom is -0.507 e. The number of benzene rings is 2. The molecule has 0 bridgehead atoms. The topological polar surface area (TPSA) is 114 Å². The highest BCUT2D eigenvalue weighted by molar-refractivity contribution is 9.10. The van der Waals surface area contributed by atoms with Crippen LogP contribution in [0.2, 0.25) is 0 Å². The van der Waals surface area contributed by atoms with E-state index in [0.29, 0.717) is 11.3 Å². The zero-order chi connectivity index (χ0) is 20.1. The second-order valence-corrected chi connectivity index (χ2v) is 8.12. The van der Waals surface area contributed by atoms with Crippen LogP contribution in [0, 0.1) is 0 Å². The second kappa shape index (κ2) is 8.36. The van der Waals surface area contributed by atoms with Crippen LogP contribution in [-0.2, 0) is 10.0 Å². The molecule has 0 atom stereocenters. The predicted octanol–water partition coefficient (Wildman–Crippen LogP) is 3.50. The fraction of sp³-hybridized carbons (Fsp3) is 0.0556. The Hall–Kier alpha value is -2.98. The molecule has 3 aromatic rings. The maximum absolute atomic E-state index is 12.4. The van der Waals surface area contributed by atoms with E-state index in [0.717, 1.165) is 4.47 Å². The van der Waals surface area contributed by atoms with E-state index in [1.54, 1.807) is 30.3 Å². The number of aliphatic imine (C=N–C) groups is 1. The minimum absolute atomic E-state index is 0.0503. The Morgan fingerprint density at radius 2 is 1.86 bits per heavy atom. The lowest BCUT2D eigenvalue weighted by atomic mass is 10.2. The van der Waals surface area contributed by atoms with Crippen LogP contribution in [-0.4, -0.2) is 37.0 Å². The van der Waals surface area contributed by atoms with Gasteiger partial charge in [0, 0.05) is 22.3 Å². The molecule has 0 spiro atoms. The molecule has 28 heavy (non-hydrogen) atoms. The molecule has 10 heteroatoms. The van der Waals surface area contributed by atoms with Crippen LogP contribution in [0.15, 0.2) is 69.0 Å². The molecular weight excluding hydrogens is 448 g/mol. The number of aromatic nitrogens is 2. The van der Waals surface area contributed by atoms with Crippen LogP contribution >= 0.6 is 15.9 Å². The van der Waals surface area contributed by atoms with Gasteiger partial charge in [0.15, 0.2) is 5.82 Å². The van der Waals surface area contributed by atoms with Crippen LogP contribution in [0.25, 0.3) is 0 Å². The molecule has 0 radical (unpaired) electrons. The number of sulfonamides is 1. The highest BCUT2D eigenvalue weighted by Crippen LogP contribution is 2.22. The summed E-state index contributed by atoms with van der Waals surface area (Å²) < 4.78 is 32.9. The van der Waals surface area contributed by atoms with Crippen molar-refractivity contribution in [3.8, 4) is 11.6 Å². The molecule has 0 saturated heterocycles. The molecule has 0 aliphatic carbocycles. The van der Waals surface area contributed by atoms with E-state index in [1.165, 1.54) is 37.6 Å². The zero-order valence-electron chi connectivity index (χ0n) is 14.6. The summed E-state index contributed by atoms with van der Waals surface area (Å²) in [6, 6.07) is 13.9. The van der Waals surface area contributed by atoms with E-state index >= 15 is 0 Å². The number of methoxy groups -OCH3 is 1. The van der Waals surface area contributed by atoms with Crippen molar-refractivity contribution in [2.75, 3.05) is 11.8 Å². The molecule has 0 aliphatic rings. The Morgan fingerprint density at radius 1 is 1.11 bits per heavy atom. The monoisotopic (exact) mass is 462 g/mol. The van der Waals surface area contributed by atoms with Crippen molar-refractivity contribution < 1.29 is 18.3 Å². The Kier molecular flexibility index (Phi) is 5.90. The number of hydrogen-bond donors (Lipinski definition) is 2. The molecular formula is C18H15BrN4O4S. The van der Waals surface area contributed by atoms with Gasteiger partial charge in [0.1, 0.15) is 5.75 Å². The summed E-state index contributed by atoms with van der Waals surface area (Å²) >= 11 is 3.33. The number of nitrogens with zero attached hydrogens (tertiary/aromatic N) is 3. The highest BCUT2D eigenvalue weighted by Gasteiger charge is 2.15. The van der Waals surface area contributed by atoms with Gasteiger partial charge in [-0.15, -0.1) is 10.2 Å². The summed E-state index contributed by atoms with van der Waals surface area (Å²) in [6.45, 7) is 0. The Labute approximate surface area is 170 Å². The summed E-state index contributed by atoms with van der Waals surface area (Å²) in [7, 11) is -2.38.